The zero-order chi connectivity index (χ0) is 20.5. The molecule has 4 aromatic rings. The molecule has 30 heavy (non-hydrogen) atoms. The van der Waals surface area contributed by atoms with Crippen LogP contribution in [0.1, 0.15) is 24.7 Å². The minimum Gasteiger partial charge on any atom is -0.497 e. The third-order valence-electron chi connectivity index (χ3n) is 5.63. The smallest absolute Gasteiger partial charge is 0.217 e. The lowest BCUT2D eigenvalue weighted by atomic mass is 9.97. The van der Waals surface area contributed by atoms with Crippen molar-refractivity contribution in [3.05, 3.63) is 59.2 Å². The fraction of sp³-hybridized carbons (Fsp3) is 0.318. The summed E-state index contributed by atoms with van der Waals surface area (Å²) < 4.78 is 13.7. The van der Waals surface area contributed by atoms with Crippen molar-refractivity contribution in [2.24, 2.45) is 0 Å². The number of fused-ring (bicyclic) bond motifs is 1. The lowest BCUT2D eigenvalue weighted by Crippen LogP contribution is -2.35. The van der Waals surface area contributed by atoms with Crippen LogP contribution in [0, 0.1) is 4.77 Å². The molecule has 0 unspecified atom stereocenters. The van der Waals surface area contributed by atoms with Crippen molar-refractivity contribution in [3.63, 3.8) is 0 Å². The molecular weight excluding hydrogens is 398 g/mol. The standard InChI is InChI=1S/C22H23N5O2S/c1-28-17-8-6-15(7-9-17)20-24-22(30)27(25-20)14-26-12-10-16(11-13-26)21-23-18-4-2-3-5-19(18)29-21/h2-9,16H,10-14H2,1H3,(H,24,25,30). The van der Waals surface area contributed by atoms with Crippen LogP contribution in [0.3, 0.4) is 0 Å². The molecule has 0 spiro atoms. The first-order chi connectivity index (χ1) is 14.7. The maximum atomic E-state index is 5.97. The van der Waals surface area contributed by atoms with Gasteiger partial charge in [0.25, 0.3) is 0 Å². The number of methoxy groups -OCH3 is 1. The average Bonchev–Trinajstić information content (AvgIpc) is 3.38. The summed E-state index contributed by atoms with van der Waals surface area (Å²) in [5.41, 5.74) is 2.78. The Morgan fingerprint density at radius 3 is 2.60 bits per heavy atom. The van der Waals surface area contributed by atoms with Gasteiger partial charge in [0.1, 0.15) is 11.3 Å². The number of ether oxygens (including phenoxy) is 1. The topological polar surface area (TPSA) is 72.1 Å². The molecule has 8 heteroatoms. The van der Waals surface area contributed by atoms with Crippen molar-refractivity contribution in [2.45, 2.75) is 25.4 Å². The van der Waals surface area contributed by atoms with E-state index >= 15 is 0 Å². The summed E-state index contributed by atoms with van der Waals surface area (Å²) in [4.78, 5) is 11.6. The van der Waals surface area contributed by atoms with Crippen LogP contribution < -0.4 is 4.74 Å². The number of rotatable bonds is 5. The van der Waals surface area contributed by atoms with Crippen molar-refractivity contribution >= 4 is 23.3 Å². The van der Waals surface area contributed by atoms with Crippen molar-refractivity contribution < 1.29 is 9.15 Å². The molecule has 1 fully saturated rings. The maximum absolute atomic E-state index is 5.97. The Bertz CT molecular complexity index is 1170. The molecule has 1 aliphatic heterocycles. The number of nitrogens with one attached hydrogen (secondary N) is 1. The van der Waals surface area contributed by atoms with E-state index in [4.69, 9.17) is 21.4 Å². The van der Waals surface area contributed by atoms with Gasteiger partial charge in [0.2, 0.25) is 4.77 Å². The van der Waals surface area contributed by atoms with Crippen LogP contribution in [0.4, 0.5) is 0 Å². The van der Waals surface area contributed by atoms with Crippen molar-refractivity contribution in [1.82, 2.24) is 24.6 Å². The van der Waals surface area contributed by atoms with Gasteiger partial charge in [-0.25, -0.2) is 9.67 Å². The Hall–Kier alpha value is -2.97. The molecule has 2 aromatic heterocycles. The van der Waals surface area contributed by atoms with E-state index in [-0.39, 0.29) is 0 Å². The predicted molar refractivity (Wildman–Crippen MR) is 117 cm³/mol. The average molecular weight is 422 g/mol. The Morgan fingerprint density at radius 1 is 1.10 bits per heavy atom. The van der Waals surface area contributed by atoms with E-state index in [1.807, 2.05) is 53.2 Å². The van der Waals surface area contributed by atoms with Crippen LogP contribution in [0.2, 0.25) is 0 Å². The number of H-pyrrole nitrogens is 1. The molecule has 7 nitrogen and oxygen atoms in total. The zero-order valence-corrected chi connectivity index (χ0v) is 17.6. The van der Waals surface area contributed by atoms with Gasteiger partial charge in [0, 0.05) is 24.6 Å². The molecule has 1 aliphatic rings. The molecule has 0 aliphatic carbocycles. The SMILES string of the molecule is COc1ccc(-c2nc(=S)n(CN3CCC(c4nc5ccccc5o4)CC3)[nH]2)cc1. The van der Waals surface area contributed by atoms with Crippen LogP contribution in [0.25, 0.3) is 22.5 Å². The second-order valence-electron chi connectivity index (χ2n) is 7.56. The minimum atomic E-state index is 0.359. The first-order valence-corrected chi connectivity index (χ1v) is 10.5. The van der Waals surface area contributed by atoms with Crippen LogP contribution in [-0.4, -0.2) is 44.8 Å². The van der Waals surface area contributed by atoms with Crippen molar-refractivity contribution in [1.29, 1.82) is 0 Å². The summed E-state index contributed by atoms with van der Waals surface area (Å²) in [6.45, 7) is 2.62. The highest BCUT2D eigenvalue weighted by molar-refractivity contribution is 7.71. The summed E-state index contributed by atoms with van der Waals surface area (Å²) in [6.07, 6.45) is 2.03. The summed E-state index contributed by atoms with van der Waals surface area (Å²) in [6, 6.07) is 15.7. The molecule has 1 N–H and O–H groups in total. The molecule has 5 rings (SSSR count). The molecule has 1 saturated heterocycles. The number of hydrogen-bond acceptors (Lipinski definition) is 6. The molecule has 0 saturated carbocycles. The number of aromatic amines is 1. The Kier molecular flexibility index (Phi) is 5.10. The zero-order valence-electron chi connectivity index (χ0n) is 16.7. The van der Waals surface area contributed by atoms with Gasteiger partial charge < -0.3 is 9.15 Å². The van der Waals surface area contributed by atoms with Gasteiger partial charge in [0.15, 0.2) is 17.3 Å². The number of para-hydroxylation sites is 2. The fourth-order valence-electron chi connectivity index (χ4n) is 3.92. The van der Waals surface area contributed by atoms with E-state index < -0.39 is 0 Å². The second-order valence-corrected chi connectivity index (χ2v) is 7.93. The van der Waals surface area contributed by atoms with Crippen LogP contribution in [-0.2, 0) is 6.67 Å². The fourth-order valence-corrected chi connectivity index (χ4v) is 4.11. The lowest BCUT2D eigenvalue weighted by molar-refractivity contribution is 0.153. The second kappa shape index (κ2) is 8.04. The molecule has 0 radical (unpaired) electrons. The molecule has 2 aromatic carbocycles. The number of benzene rings is 2. The van der Waals surface area contributed by atoms with Gasteiger partial charge in [-0.2, -0.15) is 4.98 Å². The van der Waals surface area contributed by atoms with E-state index in [1.165, 1.54) is 0 Å². The quantitative estimate of drug-likeness (QED) is 0.475. The molecular formula is C22H23N5O2S. The van der Waals surface area contributed by atoms with Crippen molar-refractivity contribution in [3.8, 4) is 17.1 Å². The number of likely N-dealkylation sites (tertiary alicyclic amines) is 1. The van der Waals surface area contributed by atoms with Crippen LogP contribution in [0.5, 0.6) is 5.75 Å². The van der Waals surface area contributed by atoms with Crippen LogP contribution >= 0.6 is 12.2 Å². The monoisotopic (exact) mass is 421 g/mol. The van der Waals surface area contributed by atoms with Crippen molar-refractivity contribution in [2.75, 3.05) is 20.2 Å². The van der Waals surface area contributed by atoms with E-state index in [9.17, 15) is 0 Å². The highest BCUT2D eigenvalue weighted by Gasteiger charge is 2.25. The Morgan fingerprint density at radius 2 is 1.87 bits per heavy atom. The van der Waals surface area contributed by atoms with Gasteiger partial charge in [0.05, 0.1) is 13.8 Å². The molecule has 0 amide bonds. The lowest BCUT2D eigenvalue weighted by Gasteiger charge is -2.30. The highest BCUT2D eigenvalue weighted by Crippen LogP contribution is 2.30. The first-order valence-electron chi connectivity index (χ1n) is 10.1. The predicted octanol–water partition coefficient (Wildman–Crippen LogP) is 4.59. The number of nitrogens with zero attached hydrogens (tertiary/aromatic N) is 4. The molecule has 154 valence electrons. The van der Waals surface area contributed by atoms with Gasteiger partial charge in [-0.1, -0.05) is 12.1 Å². The number of piperidine rings is 1. The third-order valence-corrected chi connectivity index (χ3v) is 5.94. The summed E-state index contributed by atoms with van der Waals surface area (Å²) in [7, 11) is 1.66. The molecule has 0 bridgehead atoms. The van der Waals surface area contributed by atoms with Gasteiger partial charge in [-0.3, -0.25) is 10.00 Å². The summed E-state index contributed by atoms with van der Waals surface area (Å²) >= 11 is 5.47. The minimum absolute atomic E-state index is 0.359. The van der Waals surface area contributed by atoms with E-state index in [2.05, 4.69) is 20.0 Å². The Balaban J connectivity index is 1.24. The molecule has 3 heterocycles. The van der Waals surface area contributed by atoms with Gasteiger partial charge in [-0.05, 0) is 61.5 Å². The number of hydrogen-bond donors (Lipinski definition) is 1. The number of oxazole rings is 1. The third kappa shape index (κ3) is 3.76. The number of aromatic nitrogens is 4. The summed E-state index contributed by atoms with van der Waals surface area (Å²) in [5.74, 6) is 2.80. The normalized spacial score (nSPS) is 15.6. The van der Waals surface area contributed by atoms with Gasteiger partial charge in [-0.15, -0.1) is 0 Å². The van der Waals surface area contributed by atoms with E-state index in [1.54, 1.807) is 7.11 Å². The maximum Gasteiger partial charge on any atom is 0.217 e. The Labute approximate surface area is 179 Å². The van der Waals surface area contributed by atoms with Gasteiger partial charge >= 0.3 is 0 Å². The van der Waals surface area contributed by atoms with E-state index in [0.29, 0.717) is 17.4 Å². The molecule has 0 atom stereocenters. The van der Waals surface area contributed by atoms with Crippen LogP contribution in [0.15, 0.2) is 52.9 Å². The first kappa shape index (κ1) is 19.0. The van der Waals surface area contributed by atoms with E-state index in [0.717, 1.165) is 60.1 Å². The largest absolute Gasteiger partial charge is 0.497 e. The summed E-state index contributed by atoms with van der Waals surface area (Å²) in [5, 5.41) is 3.33. The highest BCUT2D eigenvalue weighted by atomic mass is 32.1.